The molecule has 132 valence electrons. The van der Waals surface area contributed by atoms with Gasteiger partial charge < -0.3 is 15.1 Å². The van der Waals surface area contributed by atoms with E-state index in [1.807, 2.05) is 44.1 Å². The van der Waals surface area contributed by atoms with E-state index >= 15 is 0 Å². The van der Waals surface area contributed by atoms with Gasteiger partial charge in [-0.2, -0.15) is 0 Å². The summed E-state index contributed by atoms with van der Waals surface area (Å²) in [6.07, 6.45) is 4.96. The third-order valence-electron chi connectivity index (χ3n) is 4.45. The average Bonchev–Trinajstić information content (AvgIpc) is 2.64. The van der Waals surface area contributed by atoms with Crippen molar-refractivity contribution in [3.63, 3.8) is 0 Å². The first-order valence-electron chi connectivity index (χ1n) is 8.51. The van der Waals surface area contributed by atoms with Crippen LogP contribution in [0.5, 0.6) is 0 Å². The molecule has 25 heavy (non-hydrogen) atoms. The Labute approximate surface area is 148 Å². The number of aryl methyl sites for hydroxylation is 1. The van der Waals surface area contributed by atoms with Gasteiger partial charge in [-0.15, -0.1) is 0 Å². The van der Waals surface area contributed by atoms with Crippen LogP contribution in [-0.2, 0) is 4.79 Å². The zero-order valence-electron chi connectivity index (χ0n) is 14.9. The van der Waals surface area contributed by atoms with E-state index < -0.39 is 0 Å². The van der Waals surface area contributed by atoms with E-state index in [4.69, 9.17) is 0 Å². The molecule has 0 spiro atoms. The van der Waals surface area contributed by atoms with Gasteiger partial charge in [-0.25, -0.2) is 15.0 Å². The molecule has 7 nitrogen and oxygen atoms in total. The van der Waals surface area contributed by atoms with E-state index in [1.54, 1.807) is 12.5 Å². The van der Waals surface area contributed by atoms with E-state index in [2.05, 4.69) is 25.2 Å². The number of hydrogen-bond donors (Lipinski definition) is 1. The van der Waals surface area contributed by atoms with Gasteiger partial charge >= 0.3 is 0 Å². The molecular weight excluding hydrogens is 316 g/mol. The Morgan fingerprint density at radius 1 is 1.20 bits per heavy atom. The van der Waals surface area contributed by atoms with Gasteiger partial charge in [-0.1, -0.05) is 6.07 Å². The van der Waals surface area contributed by atoms with Gasteiger partial charge in [0, 0.05) is 45.4 Å². The van der Waals surface area contributed by atoms with Crippen molar-refractivity contribution < 1.29 is 4.79 Å². The zero-order chi connectivity index (χ0) is 17.8. The van der Waals surface area contributed by atoms with Crippen molar-refractivity contribution in [2.24, 2.45) is 5.92 Å². The number of rotatable bonds is 4. The summed E-state index contributed by atoms with van der Waals surface area (Å²) in [5, 5.41) is 2.92. The molecular formula is C18H24N6O. The molecule has 0 bridgehead atoms. The van der Waals surface area contributed by atoms with Gasteiger partial charge in [-0.3, -0.25) is 4.79 Å². The first-order chi connectivity index (χ1) is 12.0. The molecule has 0 aliphatic carbocycles. The second-order valence-electron chi connectivity index (χ2n) is 6.60. The van der Waals surface area contributed by atoms with Gasteiger partial charge in [0.05, 0.1) is 0 Å². The number of piperidine rings is 1. The van der Waals surface area contributed by atoms with Crippen LogP contribution in [0.1, 0.15) is 18.4 Å². The number of amides is 1. The van der Waals surface area contributed by atoms with Gasteiger partial charge in [0.25, 0.3) is 0 Å². The summed E-state index contributed by atoms with van der Waals surface area (Å²) in [6.45, 7) is 3.59. The van der Waals surface area contributed by atoms with Gasteiger partial charge in [0.15, 0.2) is 0 Å². The third-order valence-corrected chi connectivity index (χ3v) is 4.45. The first kappa shape index (κ1) is 17.1. The van der Waals surface area contributed by atoms with Crippen LogP contribution in [0.4, 0.5) is 17.5 Å². The van der Waals surface area contributed by atoms with Crippen molar-refractivity contribution in [1.82, 2.24) is 15.0 Å². The standard InChI is InChI=1S/C18H24N6O/c1-13-4-5-15(19-11-13)22-18(25)14-6-8-24(9-7-14)17-10-16(23(2)3)20-12-21-17/h4-5,10-12,14H,6-9H2,1-3H3,(H,19,22,25). The van der Waals surface area contributed by atoms with Crippen LogP contribution in [0.25, 0.3) is 0 Å². The quantitative estimate of drug-likeness (QED) is 0.919. The van der Waals surface area contributed by atoms with Crippen molar-refractivity contribution in [3.8, 4) is 0 Å². The molecule has 3 rings (SSSR count). The Morgan fingerprint density at radius 2 is 1.96 bits per heavy atom. The van der Waals surface area contributed by atoms with E-state index in [1.165, 1.54) is 0 Å². The molecule has 2 aromatic rings. The maximum atomic E-state index is 12.4. The predicted molar refractivity (Wildman–Crippen MR) is 98.9 cm³/mol. The minimum absolute atomic E-state index is 0.00881. The van der Waals surface area contributed by atoms with Crippen molar-refractivity contribution in [1.29, 1.82) is 0 Å². The summed E-state index contributed by atoms with van der Waals surface area (Å²) in [6, 6.07) is 5.77. The lowest BCUT2D eigenvalue weighted by molar-refractivity contribution is -0.120. The highest BCUT2D eigenvalue weighted by molar-refractivity contribution is 5.91. The Bertz CT molecular complexity index is 723. The van der Waals surface area contributed by atoms with Crippen LogP contribution >= 0.6 is 0 Å². The van der Waals surface area contributed by atoms with Crippen molar-refractivity contribution in [2.45, 2.75) is 19.8 Å². The number of hydrogen-bond acceptors (Lipinski definition) is 6. The third kappa shape index (κ3) is 4.23. The number of carbonyl (C=O) groups is 1. The van der Waals surface area contributed by atoms with Gasteiger partial charge in [0.2, 0.25) is 5.91 Å². The summed E-state index contributed by atoms with van der Waals surface area (Å²) in [5.41, 5.74) is 1.08. The van der Waals surface area contributed by atoms with E-state index in [0.29, 0.717) is 5.82 Å². The maximum Gasteiger partial charge on any atom is 0.228 e. The van der Waals surface area contributed by atoms with Gasteiger partial charge in [0.1, 0.15) is 23.8 Å². The highest BCUT2D eigenvalue weighted by Crippen LogP contribution is 2.24. The van der Waals surface area contributed by atoms with Crippen molar-refractivity contribution >= 4 is 23.4 Å². The van der Waals surface area contributed by atoms with E-state index in [0.717, 1.165) is 43.1 Å². The van der Waals surface area contributed by atoms with Crippen LogP contribution in [-0.4, -0.2) is 48.0 Å². The fraction of sp³-hybridized carbons (Fsp3) is 0.444. The lowest BCUT2D eigenvalue weighted by Gasteiger charge is -2.32. The summed E-state index contributed by atoms with van der Waals surface area (Å²) in [4.78, 5) is 29.5. The SMILES string of the molecule is Cc1ccc(NC(=O)C2CCN(c3cc(N(C)C)ncn3)CC2)nc1. The molecule has 1 fully saturated rings. The summed E-state index contributed by atoms with van der Waals surface area (Å²) >= 11 is 0. The Balaban J connectivity index is 1.57. The Morgan fingerprint density at radius 3 is 2.60 bits per heavy atom. The number of carbonyl (C=O) groups excluding carboxylic acids is 1. The topological polar surface area (TPSA) is 74.2 Å². The van der Waals surface area contributed by atoms with Crippen LogP contribution in [0, 0.1) is 12.8 Å². The first-order valence-corrected chi connectivity index (χ1v) is 8.51. The average molecular weight is 340 g/mol. The van der Waals surface area contributed by atoms with Gasteiger partial charge in [-0.05, 0) is 31.4 Å². The molecule has 7 heteroatoms. The lowest BCUT2D eigenvalue weighted by atomic mass is 9.96. The minimum Gasteiger partial charge on any atom is -0.363 e. The molecule has 0 radical (unpaired) electrons. The van der Waals surface area contributed by atoms with E-state index in [9.17, 15) is 4.79 Å². The molecule has 0 saturated carbocycles. The molecule has 1 aliphatic heterocycles. The largest absolute Gasteiger partial charge is 0.363 e. The fourth-order valence-corrected chi connectivity index (χ4v) is 2.90. The molecule has 0 aromatic carbocycles. The Hall–Kier alpha value is -2.70. The van der Waals surface area contributed by atoms with Crippen molar-refractivity contribution in [3.05, 3.63) is 36.3 Å². The highest BCUT2D eigenvalue weighted by Gasteiger charge is 2.26. The number of nitrogens with one attached hydrogen (secondary N) is 1. The molecule has 2 aromatic heterocycles. The zero-order valence-corrected chi connectivity index (χ0v) is 14.9. The summed E-state index contributed by atoms with van der Waals surface area (Å²) < 4.78 is 0. The van der Waals surface area contributed by atoms with E-state index in [-0.39, 0.29) is 11.8 Å². The lowest BCUT2D eigenvalue weighted by Crippen LogP contribution is -2.38. The highest BCUT2D eigenvalue weighted by atomic mass is 16.1. The molecule has 0 unspecified atom stereocenters. The molecule has 1 saturated heterocycles. The van der Waals surface area contributed by atoms with Crippen molar-refractivity contribution in [2.75, 3.05) is 42.3 Å². The van der Waals surface area contributed by atoms with Crippen LogP contribution in [0.15, 0.2) is 30.7 Å². The molecule has 1 amide bonds. The summed E-state index contributed by atoms with van der Waals surface area (Å²) in [7, 11) is 3.92. The monoisotopic (exact) mass is 340 g/mol. The fourth-order valence-electron chi connectivity index (χ4n) is 2.90. The van der Waals surface area contributed by atoms with Crippen LogP contribution in [0.3, 0.4) is 0 Å². The summed E-state index contributed by atoms with van der Waals surface area (Å²) in [5.74, 6) is 2.47. The maximum absolute atomic E-state index is 12.4. The smallest absolute Gasteiger partial charge is 0.228 e. The number of anilines is 3. The normalized spacial score (nSPS) is 15.1. The minimum atomic E-state index is 0.00881. The predicted octanol–water partition coefficient (Wildman–Crippen LogP) is 2.10. The van der Waals surface area contributed by atoms with Crippen LogP contribution < -0.4 is 15.1 Å². The number of nitrogens with zero attached hydrogens (tertiary/aromatic N) is 5. The molecule has 1 N–H and O–H groups in total. The second kappa shape index (κ2) is 7.46. The molecule has 1 aliphatic rings. The number of aromatic nitrogens is 3. The Kier molecular flexibility index (Phi) is 5.11. The second-order valence-corrected chi connectivity index (χ2v) is 6.60. The number of pyridine rings is 1. The molecule has 3 heterocycles. The van der Waals surface area contributed by atoms with Crippen LogP contribution in [0.2, 0.25) is 0 Å². The molecule has 0 atom stereocenters.